The number of hydrazine groups is 1. The Balaban J connectivity index is 2.79. The van der Waals surface area contributed by atoms with Crippen LogP contribution in [0.15, 0.2) is 11.4 Å². The molecule has 1 aromatic rings. The van der Waals surface area contributed by atoms with Crippen LogP contribution in [-0.2, 0) is 0 Å². The summed E-state index contributed by atoms with van der Waals surface area (Å²) in [5.74, 6) is 6.03. The molecule has 0 amide bonds. The van der Waals surface area contributed by atoms with Crippen molar-refractivity contribution in [3.8, 4) is 0 Å². The molecule has 0 aliphatic rings. The van der Waals surface area contributed by atoms with E-state index in [0.29, 0.717) is 5.03 Å². The van der Waals surface area contributed by atoms with Crippen LogP contribution in [0.1, 0.15) is 26.2 Å². The predicted molar refractivity (Wildman–Crippen MR) is 66.7 cm³/mol. The van der Waals surface area contributed by atoms with Gasteiger partial charge >= 0.3 is 5.69 Å². The average Bonchev–Trinajstić information content (AvgIpc) is 2.33. The van der Waals surface area contributed by atoms with Gasteiger partial charge in [0, 0.05) is 0 Å². The fourth-order valence-electron chi connectivity index (χ4n) is 1.26. The molecule has 8 heteroatoms. The van der Waals surface area contributed by atoms with E-state index in [1.54, 1.807) is 0 Å². The van der Waals surface area contributed by atoms with E-state index < -0.39 is 4.92 Å². The van der Waals surface area contributed by atoms with Crippen molar-refractivity contribution in [3.05, 3.63) is 16.4 Å². The van der Waals surface area contributed by atoms with Gasteiger partial charge in [-0.05, 0) is 12.2 Å². The molecule has 0 spiro atoms. The molecule has 3 N–H and O–H groups in total. The number of nitrogens with zero attached hydrogens (tertiary/aromatic N) is 3. The molecule has 0 atom stereocenters. The molecule has 1 heterocycles. The molecule has 0 saturated heterocycles. The van der Waals surface area contributed by atoms with Crippen molar-refractivity contribution in [2.75, 3.05) is 11.2 Å². The standard InChI is InChI=1S/C9H15N5O2S/c1-2-3-4-5-17-9-7(14(15)16)8(13-10)11-6-12-9/h6H,2-5,10H2,1H3,(H,11,12,13). The maximum Gasteiger partial charge on any atom is 0.344 e. The largest absolute Gasteiger partial charge is 0.344 e. The van der Waals surface area contributed by atoms with Gasteiger partial charge in [0.15, 0.2) is 5.03 Å². The molecule has 0 saturated carbocycles. The highest BCUT2D eigenvalue weighted by Crippen LogP contribution is 2.31. The Labute approximate surface area is 103 Å². The predicted octanol–water partition coefficient (Wildman–Crippen LogP) is 1.95. The normalized spacial score (nSPS) is 10.2. The summed E-state index contributed by atoms with van der Waals surface area (Å²) in [6.45, 7) is 2.11. The van der Waals surface area contributed by atoms with Crippen molar-refractivity contribution in [1.29, 1.82) is 0 Å². The molecular formula is C9H15N5O2S. The van der Waals surface area contributed by atoms with Crippen molar-refractivity contribution in [2.24, 2.45) is 5.84 Å². The zero-order chi connectivity index (χ0) is 12.7. The highest BCUT2D eigenvalue weighted by atomic mass is 32.2. The molecule has 1 rings (SSSR count). The minimum absolute atomic E-state index is 0.0444. The molecule has 0 aromatic carbocycles. The second-order valence-electron chi connectivity index (χ2n) is 3.33. The molecular weight excluding hydrogens is 242 g/mol. The zero-order valence-electron chi connectivity index (χ0n) is 9.55. The van der Waals surface area contributed by atoms with Crippen LogP contribution in [0.4, 0.5) is 11.5 Å². The summed E-state index contributed by atoms with van der Waals surface area (Å²) in [5, 5.41) is 11.3. The van der Waals surface area contributed by atoms with E-state index in [4.69, 9.17) is 5.84 Å². The molecule has 0 fully saturated rings. The van der Waals surface area contributed by atoms with Gasteiger partial charge in [-0.3, -0.25) is 10.1 Å². The molecule has 0 radical (unpaired) electrons. The van der Waals surface area contributed by atoms with Crippen molar-refractivity contribution >= 4 is 23.3 Å². The van der Waals surface area contributed by atoms with Gasteiger partial charge in [-0.15, -0.1) is 0 Å². The van der Waals surface area contributed by atoms with Crippen LogP contribution in [0.2, 0.25) is 0 Å². The second-order valence-corrected chi connectivity index (χ2v) is 4.42. The number of nitrogens with two attached hydrogens (primary N) is 1. The summed E-state index contributed by atoms with van der Waals surface area (Å²) in [6.07, 6.45) is 4.49. The number of nitrogen functional groups attached to an aromatic ring is 1. The van der Waals surface area contributed by atoms with Gasteiger partial charge in [-0.25, -0.2) is 15.8 Å². The SMILES string of the molecule is CCCCCSc1ncnc(NN)c1[N+](=O)[O-]. The number of anilines is 1. The number of hydrogen-bond donors (Lipinski definition) is 2. The lowest BCUT2D eigenvalue weighted by Gasteiger charge is -2.04. The summed E-state index contributed by atoms with van der Waals surface area (Å²) < 4.78 is 0. The third kappa shape index (κ3) is 3.82. The van der Waals surface area contributed by atoms with Crippen LogP contribution in [0.5, 0.6) is 0 Å². The molecule has 7 nitrogen and oxygen atoms in total. The second kappa shape index (κ2) is 7.02. The third-order valence-electron chi connectivity index (χ3n) is 2.09. The maximum atomic E-state index is 10.9. The molecule has 0 bridgehead atoms. The first-order valence-corrected chi connectivity index (χ1v) is 6.28. The maximum absolute atomic E-state index is 10.9. The number of hydrogen-bond acceptors (Lipinski definition) is 7. The summed E-state index contributed by atoms with van der Waals surface area (Å²) in [7, 11) is 0. The Morgan fingerprint density at radius 3 is 2.88 bits per heavy atom. The van der Waals surface area contributed by atoms with Gasteiger partial charge in [-0.2, -0.15) is 0 Å². The van der Waals surface area contributed by atoms with Crippen LogP contribution in [0.3, 0.4) is 0 Å². The number of nitrogens with one attached hydrogen (secondary N) is 1. The van der Waals surface area contributed by atoms with Crippen molar-refractivity contribution < 1.29 is 4.92 Å². The Kier molecular flexibility index (Phi) is 5.64. The fraction of sp³-hybridized carbons (Fsp3) is 0.556. The fourth-order valence-corrected chi connectivity index (χ4v) is 2.23. The Morgan fingerprint density at radius 2 is 2.29 bits per heavy atom. The summed E-state index contributed by atoms with van der Waals surface area (Å²) in [4.78, 5) is 18.0. The van der Waals surface area contributed by atoms with Crippen molar-refractivity contribution in [3.63, 3.8) is 0 Å². The zero-order valence-corrected chi connectivity index (χ0v) is 10.4. The number of thioether (sulfide) groups is 1. The van der Waals surface area contributed by atoms with Gasteiger partial charge < -0.3 is 5.43 Å². The number of unbranched alkanes of at least 4 members (excludes halogenated alkanes) is 2. The van der Waals surface area contributed by atoms with Gasteiger partial charge in [0.2, 0.25) is 5.82 Å². The van der Waals surface area contributed by atoms with E-state index in [9.17, 15) is 10.1 Å². The molecule has 0 unspecified atom stereocenters. The number of rotatable bonds is 7. The molecule has 0 aliphatic carbocycles. The average molecular weight is 257 g/mol. The molecule has 94 valence electrons. The lowest BCUT2D eigenvalue weighted by Crippen LogP contribution is -2.12. The van der Waals surface area contributed by atoms with Gasteiger partial charge in [0.05, 0.1) is 4.92 Å². The van der Waals surface area contributed by atoms with E-state index >= 15 is 0 Å². The smallest absolute Gasteiger partial charge is 0.303 e. The van der Waals surface area contributed by atoms with E-state index in [1.807, 2.05) is 0 Å². The van der Waals surface area contributed by atoms with E-state index in [1.165, 1.54) is 18.1 Å². The van der Waals surface area contributed by atoms with Gasteiger partial charge in [0.25, 0.3) is 0 Å². The first kappa shape index (κ1) is 13.7. The minimum atomic E-state index is -0.517. The summed E-state index contributed by atoms with van der Waals surface area (Å²) in [5.41, 5.74) is 2.06. The Morgan fingerprint density at radius 1 is 1.53 bits per heavy atom. The first-order valence-electron chi connectivity index (χ1n) is 5.29. The van der Waals surface area contributed by atoms with E-state index in [0.717, 1.165) is 25.0 Å². The Hall–Kier alpha value is -1.41. The van der Waals surface area contributed by atoms with Crippen LogP contribution in [-0.4, -0.2) is 20.6 Å². The topological polar surface area (TPSA) is 107 Å². The third-order valence-corrected chi connectivity index (χ3v) is 3.16. The minimum Gasteiger partial charge on any atom is -0.303 e. The van der Waals surface area contributed by atoms with E-state index in [-0.39, 0.29) is 11.5 Å². The summed E-state index contributed by atoms with van der Waals surface area (Å²) >= 11 is 1.36. The van der Waals surface area contributed by atoms with Crippen LogP contribution in [0.25, 0.3) is 0 Å². The lowest BCUT2D eigenvalue weighted by atomic mass is 10.3. The monoisotopic (exact) mass is 257 g/mol. The van der Waals surface area contributed by atoms with Gasteiger partial charge in [0.1, 0.15) is 6.33 Å². The number of nitro groups is 1. The summed E-state index contributed by atoms with van der Waals surface area (Å²) in [6, 6.07) is 0. The van der Waals surface area contributed by atoms with Gasteiger partial charge in [-0.1, -0.05) is 31.5 Å². The lowest BCUT2D eigenvalue weighted by molar-refractivity contribution is -0.387. The first-order chi connectivity index (χ1) is 8.20. The molecule has 0 aliphatic heterocycles. The molecule has 17 heavy (non-hydrogen) atoms. The van der Waals surface area contributed by atoms with Crippen LogP contribution < -0.4 is 11.3 Å². The molecule has 1 aromatic heterocycles. The van der Waals surface area contributed by atoms with Crippen molar-refractivity contribution in [1.82, 2.24) is 9.97 Å². The van der Waals surface area contributed by atoms with E-state index in [2.05, 4.69) is 22.3 Å². The van der Waals surface area contributed by atoms with Crippen molar-refractivity contribution in [2.45, 2.75) is 31.2 Å². The highest BCUT2D eigenvalue weighted by Gasteiger charge is 2.22. The quantitative estimate of drug-likeness (QED) is 0.192. The highest BCUT2D eigenvalue weighted by molar-refractivity contribution is 7.99. The van der Waals surface area contributed by atoms with Crippen LogP contribution in [0, 0.1) is 10.1 Å². The Bertz CT molecular complexity index is 388. The van der Waals surface area contributed by atoms with Crippen LogP contribution >= 0.6 is 11.8 Å². The number of aromatic nitrogens is 2.